The molecule has 0 saturated heterocycles. The molecule has 22 heavy (non-hydrogen) atoms. The lowest BCUT2D eigenvalue weighted by Crippen LogP contribution is -2.36. The standard InChI is InChI=1S/C14H15ClF3N3O/c15-11-6-8(7-3-1-2-4-7)10(14(16,17)18)5-9(11)12(22)21-13(19)20/h5-7H,1-4H2,(H4,19,20,21,22). The van der Waals surface area contributed by atoms with Gasteiger partial charge in [0.2, 0.25) is 0 Å². The largest absolute Gasteiger partial charge is 0.416 e. The Kier molecular flexibility index (Phi) is 4.65. The number of hydrogen-bond acceptors (Lipinski definition) is 2. The molecule has 1 fully saturated rings. The van der Waals surface area contributed by atoms with Gasteiger partial charge in [0.1, 0.15) is 0 Å². The fourth-order valence-corrected chi connectivity index (χ4v) is 3.03. The molecule has 0 heterocycles. The number of nitrogens with one attached hydrogen (secondary N) is 2. The van der Waals surface area contributed by atoms with Crippen molar-refractivity contribution in [3.05, 3.63) is 33.8 Å². The van der Waals surface area contributed by atoms with Crippen molar-refractivity contribution >= 4 is 23.5 Å². The molecule has 4 nitrogen and oxygen atoms in total. The monoisotopic (exact) mass is 333 g/mol. The summed E-state index contributed by atoms with van der Waals surface area (Å²) in [6.45, 7) is 0. The third kappa shape index (κ3) is 3.52. The predicted octanol–water partition coefficient (Wildman–Crippen LogP) is 3.64. The van der Waals surface area contributed by atoms with Gasteiger partial charge in [-0.05, 0) is 36.5 Å². The minimum absolute atomic E-state index is 0.0753. The Bertz CT molecular complexity index is 610. The molecule has 1 aromatic rings. The topological polar surface area (TPSA) is 79.0 Å². The first-order valence-electron chi connectivity index (χ1n) is 6.76. The highest BCUT2D eigenvalue weighted by Crippen LogP contribution is 2.43. The Morgan fingerprint density at radius 2 is 1.91 bits per heavy atom. The highest BCUT2D eigenvalue weighted by atomic mass is 35.5. The van der Waals surface area contributed by atoms with E-state index in [9.17, 15) is 18.0 Å². The van der Waals surface area contributed by atoms with Crippen molar-refractivity contribution in [3.8, 4) is 0 Å². The lowest BCUT2D eigenvalue weighted by molar-refractivity contribution is -0.138. The normalized spacial score (nSPS) is 15.8. The quantitative estimate of drug-likeness (QED) is 0.570. The molecule has 120 valence electrons. The predicted molar refractivity (Wildman–Crippen MR) is 77.0 cm³/mol. The second-order valence-electron chi connectivity index (χ2n) is 5.27. The zero-order valence-corrected chi connectivity index (χ0v) is 12.3. The first-order valence-corrected chi connectivity index (χ1v) is 7.14. The molecular formula is C14H15ClF3N3O. The summed E-state index contributed by atoms with van der Waals surface area (Å²) in [5.41, 5.74) is 3.96. The number of carbonyl (C=O) groups excluding carboxylic acids is 1. The first kappa shape index (κ1) is 16.6. The van der Waals surface area contributed by atoms with E-state index in [1.165, 1.54) is 6.07 Å². The van der Waals surface area contributed by atoms with E-state index in [1.54, 1.807) is 0 Å². The zero-order chi connectivity index (χ0) is 16.5. The summed E-state index contributed by atoms with van der Waals surface area (Å²) < 4.78 is 39.9. The molecular weight excluding hydrogens is 319 g/mol. The Morgan fingerprint density at radius 1 is 1.32 bits per heavy atom. The summed E-state index contributed by atoms with van der Waals surface area (Å²) in [5, 5.41) is 8.84. The third-order valence-electron chi connectivity index (χ3n) is 3.73. The van der Waals surface area contributed by atoms with Gasteiger partial charge in [-0.15, -0.1) is 0 Å². The Hall–Kier alpha value is -1.76. The van der Waals surface area contributed by atoms with Gasteiger partial charge in [-0.1, -0.05) is 24.4 Å². The van der Waals surface area contributed by atoms with Gasteiger partial charge in [0, 0.05) is 0 Å². The molecule has 1 aliphatic rings. The van der Waals surface area contributed by atoms with Crippen LogP contribution in [0, 0.1) is 5.41 Å². The number of carbonyl (C=O) groups is 1. The van der Waals surface area contributed by atoms with E-state index < -0.39 is 23.6 Å². The van der Waals surface area contributed by atoms with Gasteiger partial charge >= 0.3 is 6.18 Å². The molecule has 0 radical (unpaired) electrons. The first-order chi connectivity index (χ1) is 10.2. The minimum atomic E-state index is -4.58. The van der Waals surface area contributed by atoms with Crippen LogP contribution in [0.3, 0.4) is 0 Å². The number of benzene rings is 1. The van der Waals surface area contributed by atoms with Crippen molar-refractivity contribution < 1.29 is 18.0 Å². The van der Waals surface area contributed by atoms with Gasteiger partial charge in [-0.3, -0.25) is 15.5 Å². The molecule has 1 aliphatic carbocycles. The Balaban J connectivity index is 2.50. The van der Waals surface area contributed by atoms with E-state index in [0.717, 1.165) is 18.9 Å². The molecule has 1 amide bonds. The average Bonchev–Trinajstić information content (AvgIpc) is 2.89. The lowest BCUT2D eigenvalue weighted by atomic mass is 9.91. The molecule has 8 heteroatoms. The van der Waals surface area contributed by atoms with E-state index in [0.29, 0.717) is 12.8 Å². The fraction of sp³-hybridized carbons (Fsp3) is 0.429. The Morgan fingerprint density at radius 3 is 2.41 bits per heavy atom. The summed E-state index contributed by atoms with van der Waals surface area (Å²) in [4.78, 5) is 11.8. The number of rotatable bonds is 2. The molecule has 0 bridgehead atoms. The van der Waals surface area contributed by atoms with Crippen LogP contribution in [0.4, 0.5) is 13.2 Å². The van der Waals surface area contributed by atoms with E-state index in [1.807, 2.05) is 5.32 Å². The van der Waals surface area contributed by atoms with Gasteiger partial charge in [-0.25, -0.2) is 0 Å². The molecule has 0 aromatic heterocycles. The van der Waals surface area contributed by atoms with Crippen molar-refractivity contribution in [2.75, 3.05) is 0 Å². The molecule has 0 spiro atoms. The summed E-state index contributed by atoms with van der Waals surface area (Å²) in [6, 6.07) is 1.96. The van der Waals surface area contributed by atoms with E-state index in [4.69, 9.17) is 22.7 Å². The second-order valence-corrected chi connectivity index (χ2v) is 5.67. The van der Waals surface area contributed by atoms with Crippen LogP contribution >= 0.6 is 11.6 Å². The average molecular weight is 334 g/mol. The molecule has 4 N–H and O–H groups in total. The van der Waals surface area contributed by atoms with E-state index >= 15 is 0 Å². The smallest absolute Gasteiger partial charge is 0.370 e. The van der Waals surface area contributed by atoms with Crippen molar-refractivity contribution in [3.63, 3.8) is 0 Å². The lowest BCUT2D eigenvalue weighted by Gasteiger charge is -2.19. The van der Waals surface area contributed by atoms with Crippen LogP contribution in [0.5, 0.6) is 0 Å². The van der Waals surface area contributed by atoms with Crippen LogP contribution in [-0.2, 0) is 6.18 Å². The molecule has 1 saturated carbocycles. The maximum Gasteiger partial charge on any atom is 0.416 e. The van der Waals surface area contributed by atoms with Gasteiger partial charge in [0.05, 0.1) is 16.1 Å². The van der Waals surface area contributed by atoms with Gasteiger partial charge in [-0.2, -0.15) is 13.2 Å². The fourth-order valence-electron chi connectivity index (χ4n) is 2.77. The van der Waals surface area contributed by atoms with E-state index in [2.05, 4.69) is 0 Å². The van der Waals surface area contributed by atoms with Crippen molar-refractivity contribution in [1.29, 1.82) is 5.41 Å². The number of halogens is 4. The molecule has 0 unspecified atom stereocenters. The van der Waals surface area contributed by atoms with Crippen molar-refractivity contribution in [1.82, 2.24) is 5.32 Å². The zero-order valence-electron chi connectivity index (χ0n) is 11.6. The molecule has 1 aromatic carbocycles. The Labute approximate surface area is 130 Å². The number of amides is 1. The second kappa shape index (κ2) is 6.16. The molecule has 0 aliphatic heterocycles. The number of alkyl halides is 3. The van der Waals surface area contributed by atoms with Crippen molar-refractivity contribution in [2.45, 2.75) is 37.8 Å². The van der Waals surface area contributed by atoms with Gasteiger partial charge < -0.3 is 5.73 Å². The van der Waals surface area contributed by atoms with E-state index in [-0.39, 0.29) is 22.1 Å². The SMILES string of the molecule is N=C(N)NC(=O)c1cc(C(F)(F)F)c(C2CCCC2)cc1Cl. The van der Waals surface area contributed by atoms with Crippen LogP contribution < -0.4 is 11.1 Å². The molecule has 2 rings (SSSR count). The van der Waals surface area contributed by atoms with Crippen LogP contribution in [0.15, 0.2) is 12.1 Å². The highest BCUT2D eigenvalue weighted by molar-refractivity contribution is 6.34. The maximum atomic E-state index is 13.3. The summed E-state index contributed by atoms with van der Waals surface area (Å²) in [6.07, 6.45) is -1.46. The number of hydrogen-bond donors (Lipinski definition) is 3. The third-order valence-corrected chi connectivity index (χ3v) is 4.05. The van der Waals surface area contributed by atoms with Crippen molar-refractivity contribution in [2.24, 2.45) is 5.73 Å². The number of guanidine groups is 1. The van der Waals surface area contributed by atoms with Crippen LogP contribution in [-0.4, -0.2) is 11.9 Å². The number of nitrogens with two attached hydrogens (primary N) is 1. The highest BCUT2D eigenvalue weighted by Gasteiger charge is 2.37. The van der Waals surface area contributed by atoms with Gasteiger partial charge in [0.25, 0.3) is 5.91 Å². The summed E-state index contributed by atoms with van der Waals surface area (Å²) >= 11 is 5.97. The van der Waals surface area contributed by atoms with Crippen LogP contribution in [0.25, 0.3) is 0 Å². The molecule has 0 atom stereocenters. The van der Waals surface area contributed by atoms with Gasteiger partial charge in [0.15, 0.2) is 5.96 Å². The minimum Gasteiger partial charge on any atom is -0.370 e. The summed E-state index contributed by atoms with van der Waals surface area (Å²) in [5.74, 6) is -1.78. The maximum absolute atomic E-state index is 13.3. The summed E-state index contributed by atoms with van der Waals surface area (Å²) in [7, 11) is 0. The van der Waals surface area contributed by atoms with Crippen LogP contribution in [0.2, 0.25) is 5.02 Å². The van der Waals surface area contributed by atoms with Crippen LogP contribution in [0.1, 0.15) is 53.1 Å².